The Morgan fingerprint density at radius 1 is 1.17 bits per heavy atom. The van der Waals surface area contributed by atoms with Gasteiger partial charge in [-0.1, -0.05) is 12.1 Å². The molecule has 0 bridgehead atoms. The minimum Gasteiger partial charge on any atom is -0.310 e. The molecule has 1 fully saturated rings. The second-order valence-corrected chi connectivity index (χ2v) is 6.01. The summed E-state index contributed by atoms with van der Waals surface area (Å²) in [5, 5.41) is 8.78. The lowest BCUT2D eigenvalue weighted by Crippen LogP contribution is -2.52. The third-order valence-electron chi connectivity index (χ3n) is 4.49. The number of aromatic nitrogens is 3. The largest absolute Gasteiger partial charge is 0.416 e. The van der Waals surface area contributed by atoms with E-state index in [0.29, 0.717) is 11.3 Å². The van der Waals surface area contributed by atoms with Gasteiger partial charge in [-0.25, -0.2) is 9.67 Å². The van der Waals surface area contributed by atoms with E-state index < -0.39 is 11.7 Å². The molecule has 0 spiro atoms. The molecular formula is C17H15F3N4. The number of halogens is 3. The monoisotopic (exact) mass is 332 g/mol. The van der Waals surface area contributed by atoms with E-state index in [1.807, 2.05) is 16.8 Å². The maximum absolute atomic E-state index is 12.7. The molecule has 4 nitrogen and oxygen atoms in total. The highest BCUT2D eigenvalue weighted by atomic mass is 19.4. The summed E-state index contributed by atoms with van der Waals surface area (Å²) in [6, 6.07) is 9.30. The summed E-state index contributed by atoms with van der Waals surface area (Å²) in [5.41, 5.74) is 1.40. The molecule has 0 radical (unpaired) electrons. The van der Waals surface area contributed by atoms with Gasteiger partial charge in [-0.15, -0.1) is 0 Å². The SMILES string of the molecule is CC1NCC1n1nc(-c2ccc(C(F)(F)F)cc2)c2cccnc21. The number of hydrogen-bond acceptors (Lipinski definition) is 3. The van der Waals surface area contributed by atoms with E-state index in [9.17, 15) is 13.2 Å². The average Bonchev–Trinajstić information content (AvgIpc) is 2.92. The number of rotatable bonds is 2. The zero-order valence-corrected chi connectivity index (χ0v) is 12.9. The lowest BCUT2D eigenvalue weighted by Gasteiger charge is -2.35. The van der Waals surface area contributed by atoms with Crippen LogP contribution in [0.15, 0.2) is 42.6 Å². The van der Waals surface area contributed by atoms with Crippen molar-refractivity contribution in [2.24, 2.45) is 0 Å². The summed E-state index contributed by atoms with van der Waals surface area (Å²) in [6.45, 7) is 2.88. The normalized spacial score (nSPS) is 21.0. The molecule has 4 rings (SSSR count). The van der Waals surface area contributed by atoms with Crippen LogP contribution >= 0.6 is 0 Å². The summed E-state index contributed by atoms with van der Waals surface area (Å²) in [7, 11) is 0. The summed E-state index contributed by atoms with van der Waals surface area (Å²) in [6.07, 6.45) is -2.64. The number of pyridine rings is 1. The molecule has 0 amide bonds. The van der Waals surface area contributed by atoms with Crippen molar-refractivity contribution in [1.29, 1.82) is 0 Å². The van der Waals surface area contributed by atoms with Gasteiger partial charge in [-0.3, -0.25) is 0 Å². The molecular weight excluding hydrogens is 317 g/mol. The zero-order chi connectivity index (χ0) is 16.9. The Hall–Kier alpha value is -2.41. The van der Waals surface area contributed by atoms with Gasteiger partial charge in [-0.05, 0) is 31.2 Å². The van der Waals surface area contributed by atoms with Crippen molar-refractivity contribution in [2.45, 2.75) is 25.2 Å². The van der Waals surface area contributed by atoms with Crippen LogP contribution in [0.3, 0.4) is 0 Å². The van der Waals surface area contributed by atoms with Gasteiger partial charge >= 0.3 is 6.18 Å². The van der Waals surface area contributed by atoms with E-state index in [1.165, 1.54) is 12.1 Å². The van der Waals surface area contributed by atoms with Crippen molar-refractivity contribution in [3.8, 4) is 11.3 Å². The van der Waals surface area contributed by atoms with Gasteiger partial charge in [0.2, 0.25) is 0 Å². The predicted octanol–water partition coefficient (Wildman–Crippen LogP) is 3.65. The molecule has 0 aliphatic carbocycles. The Labute approximate surface area is 136 Å². The van der Waals surface area contributed by atoms with Crippen molar-refractivity contribution < 1.29 is 13.2 Å². The standard InChI is InChI=1S/C17H15F3N4/c1-10-14(9-22-10)24-16-13(3-2-8-21-16)15(23-24)11-4-6-12(7-5-11)17(18,19)20/h2-8,10,14,22H,9H2,1H3. The van der Waals surface area contributed by atoms with Crippen LogP contribution in [0.25, 0.3) is 22.3 Å². The molecule has 0 saturated carbocycles. The first kappa shape index (κ1) is 15.1. The first-order valence-electron chi connectivity index (χ1n) is 7.69. The third kappa shape index (κ3) is 2.36. The lowest BCUT2D eigenvalue weighted by atomic mass is 10.0. The molecule has 3 aromatic rings. The van der Waals surface area contributed by atoms with Crippen molar-refractivity contribution in [1.82, 2.24) is 20.1 Å². The van der Waals surface area contributed by atoms with E-state index >= 15 is 0 Å². The summed E-state index contributed by atoms with van der Waals surface area (Å²) < 4.78 is 40.1. The maximum atomic E-state index is 12.7. The predicted molar refractivity (Wildman–Crippen MR) is 84.5 cm³/mol. The molecule has 1 aliphatic heterocycles. The van der Waals surface area contributed by atoms with Crippen molar-refractivity contribution >= 4 is 11.0 Å². The summed E-state index contributed by atoms with van der Waals surface area (Å²) in [4.78, 5) is 4.41. The maximum Gasteiger partial charge on any atom is 0.416 e. The first-order chi connectivity index (χ1) is 11.4. The molecule has 7 heteroatoms. The van der Waals surface area contributed by atoms with Gasteiger partial charge in [0.05, 0.1) is 11.6 Å². The van der Waals surface area contributed by atoms with Gasteiger partial charge in [-0.2, -0.15) is 18.3 Å². The number of fused-ring (bicyclic) bond motifs is 1. The van der Waals surface area contributed by atoms with E-state index in [1.54, 1.807) is 6.20 Å². The number of alkyl halides is 3. The fourth-order valence-corrected chi connectivity index (χ4v) is 2.99. The highest BCUT2D eigenvalue weighted by Crippen LogP contribution is 2.34. The van der Waals surface area contributed by atoms with Crippen LogP contribution in [-0.2, 0) is 6.18 Å². The summed E-state index contributed by atoms with van der Waals surface area (Å²) >= 11 is 0. The Bertz CT molecular complexity index is 883. The highest BCUT2D eigenvalue weighted by molar-refractivity contribution is 5.91. The van der Waals surface area contributed by atoms with Crippen LogP contribution in [0, 0.1) is 0 Å². The molecule has 2 unspecified atom stereocenters. The Balaban J connectivity index is 1.82. The Kier molecular flexibility index (Phi) is 3.35. The van der Waals surface area contributed by atoms with Crippen LogP contribution < -0.4 is 5.32 Å². The van der Waals surface area contributed by atoms with Gasteiger partial charge in [0.1, 0.15) is 5.69 Å². The van der Waals surface area contributed by atoms with E-state index in [4.69, 9.17) is 0 Å². The molecule has 2 aromatic heterocycles. The lowest BCUT2D eigenvalue weighted by molar-refractivity contribution is -0.137. The van der Waals surface area contributed by atoms with Gasteiger partial charge in [0.15, 0.2) is 5.65 Å². The third-order valence-corrected chi connectivity index (χ3v) is 4.49. The van der Waals surface area contributed by atoms with Gasteiger partial charge in [0.25, 0.3) is 0 Å². The Morgan fingerprint density at radius 3 is 2.50 bits per heavy atom. The van der Waals surface area contributed by atoms with Gasteiger partial charge < -0.3 is 5.32 Å². The van der Waals surface area contributed by atoms with E-state index in [0.717, 1.165) is 29.7 Å². The minimum absolute atomic E-state index is 0.200. The summed E-state index contributed by atoms with van der Waals surface area (Å²) in [5.74, 6) is 0. The number of nitrogens with one attached hydrogen (secondary N) is 1. The molecule has 1 aromatic carbocycles. The van der Waals surface area contributed by atoms with E-state index in [-0.39, 0.29) is 12.1 Å². The fourth-order valence-electron chi connectivity index (χ4n) is 2.99. The highest BCUT2D eigenvalue weighted by Gasteiger charge is 2.32. The molecule has 3 heterocycles. The Morgan fingerprint density at radius 2 is 1.92 bits per heavy atom. The molecule has 1 saturated heterocycles. The number of hydrogen-bond donors (Lipinski definition) is 1. The number of benzene rings is 1. The van der Waals surface area contributed by atoms with E-state index in [2.05, 4.69) is 22.3 Å². The van der Waals surface area contributed by atoms with Crippen LogP contribution in [0.2, 0.25) is 0 Å². The van der Waals surface area contributed by atoms with Gasteiger partial charge in [0, 0.05) is 29.7 Å². The second-order valence-electron chi connectivity index (χ2n) is 6.01. The second kappa shape index (κ2) is 5.31. The quantitative estimate of drug-likeness (QED) is 0.779. The first-order valence-corrected chi connectivity index (χ1v) is 7.69. The van der Waals surface area contributed by atoms with Crippen molar-refractivity contribution in [2.75, 3.05) is 6.54 Å². The average molecular weight is 332 g/mol. The van der Waals surface area contributed by atoms with Crippen LogP contribution in [0.4, 0.5) is 13.2 Å². The molecule has 124 valence electrons. The van der Waals surface area contributed by atoms with Crippen LogP contribution in [-0.4, -0.2) is 27.4 Å². The molecule has 1 aliphatic rings. The van der Waals surface area contributed by atoms with Crippen LogP contribution in [0.1, 0.15) is 18.5 Å². The van der Waals surface area contributed by atoms with Crippen molar-refractivity contribution in [3.63, 3.8) is 0 Å². The topological polar surface area (TPSA) is 42.7 Å². The van der Waals surface area contributed by atoms with Crippen molar-refractivity contribution in [3.05, 3.63) is 48.2 Å². The van der Waals surface area contributed by atoms with Crippen LogP contribution in [0.5, 0.6) is 0 Å². The zero-order valence-electron chi connectivity index (χ0n) is 12.9. The number of nitrogens with zero attached hydrogens (tertiary/aromatic N) is 3. The molecule has 2 atom stereocenters. The molecule has 24 heavy (non-hydrogen) atoms. The fraction of sp³-hybridized carbons (Fsp3) is 0.294. The molecule has 1 N–H and O–H groups in total. The minimum atomic E-state index is -4.34. The smallest absolute Gasteiger partial charge is 0.310 e.